The normalized spacial score (nSPS) is 22.3. The van der Waals surface area contributed by atoms with Gasteiger partial charge in [-0.15, -0.1) is 11.3 Å². The van der Waals surface area contributed by atoms with Crippen molar-refractivity contribution in [2.24, 2.45) is 0 Å². The summed E-state index contributed by atoms with van der Waals surface area (Å²) in [5.74, 6) is 0. The summed E-state index contributed by atoms with van der Waals surface area (Å²) in [6.45, 7) is 6.81. The lowest BCUT2D eigenvalue weighted by Gasteiger charge is -2.22. The molecule has 1 aliphatic heterocycles. The standard InChI is InChI=1S/C11H19N3S/c1-2-14-5-3-4-10(14)6-12-7-11-8-13-9-15-11/h8-10,12H,2-7H2,1H3/t10-/m1/s1. The average Bonchev–Trinajstić information content (AvgIpc) is 2.88. The molecular formula is C11H19N3S. The Kier molecular flexibility index (Phi) is 4.11. The van der Waals surface area contributed by atoms with Crippen LogP contribution in [-0.4, -0.2) is 35.6 Å². The van der Waals surface area contributed by atoms with Gasteiger partial charge in [-0.25, -0.2) is 0 Å². The van der Waals surface area contributed by atoms with Gasteiger partial charge in [0.25, 0.3) is 0 Å². The Morgan fingerprint density at radius 3 is 3.33 bits per heavy atom. The van der Waals surface area contributed by atoms with Gasteiger partial charge in [-0.2, -0.15) is 0 Å². The Morgan fingerprint density at radius 1 is 1.67 bits per heavy atom. The third-order valence-corrected chi connectivity index (χ3v) is 3.85. The maximum atomic E-state index is 4.07. The molecule has 4 heteroatoms. The summed E-state index contributed by atoms with van der Waals surface area (Å²) in [4.78, 5) is 7.97. The molecule has 1 aromatic rings. The molecule has 0 spiro atoms. The Balaban J connectivity index is 1.69. The smallest absolute Gasteiger partial charge is 0.0794 e. The van der Waals surface area contributed by atoms with Crippen molar-refractivity contribution >= 4 is 11.3 Å². The maximum absolute atomic E-state index is 4.07. The van der Waals surface area contributed by atoms with Crippen LogP contribution in [0.3, 0.4) is 0 Å². The van der Waals surface area contributed by atoms with Crippen LogP contribution in [0.2, 0.25) is 0 Å². The van der Waals surface area contributed by atoms with E-state index in [0.717, 1.165) is 19.1 Å². The largest absolute Gasteiger partial charge is 0.310 e. The molecule has 1 N–H and O–H groups in total. The molecule has 84 valence electrons. The van der Waals surface area contributed by atoms with Crippen LogP contribution >= 0.6 is 11.3 Å². The summed E-state index contributed by atoms with van der Waals surface area (Å²) >= 11 is 1.72. The van der Waals surface area contributed by atoms with Crippen molar-refractivity contribution in [1.82, 2.24) is 15.2 Å². The van der Waals surface area contributed by atoms with Gasteiger partial charge in [0.15, 0.2) is 0 Å². The van der Waals surface area contributed by atoms with Crippen molar-refractivity contribution in [2.45, 2.75) is 32.4 Å². The molecule has 0 saturated carbocycles. The van der Waals surface area contributed by atoms with Crippen LogP contribution in [0.15, 0.2) is 11.7 Å². The van der Waals surface area contributed by atoms with Crippen molar-refractivity contribution in [1.29, 1.82) is 0 Å². The Morgan fingerprint density at radius 2 is 2.60 bits per heavy atom. The molecule has 0 amide bonds. The molecule has 0 radical (unpaired) electrons. The fourth-order valence-electron chi connectivity index (χ4n) is 2.23. The second-order valence-electron chi connectivity index (χ2n) is 4.02. The number of nitrogens with one attached hydrogen (secondary N) is 1. The number of hydrogen-bond donors (Lipinski definition) is 1. The predicted molar refractivity (Wildman–Crippen MR) is 64.1 cm³/mol. The molecule has 0 unspecified atom stereocenters. The molecule has 0 aromatic carbocycles. The molecule has 2 heterocycles. The Hall–Kier alpha value is -0.450. The topological polar surface area (TPSA) is 28.2 Å². The lowest BCUT2D eigenvalue weighted by Crippen LogP contribution is -2.37. The van der Waals surface area contributed by atoms with E-state index in [9.17, 15) is 0 Å². The number of likely N-dealkylation sites (tertiary alicyclic amines) is 1. The average molecular weight is 225 g/mol. The maximum Gasteiger partial charge on any atom is 0.0794 e. The molecule has 0 bridgehead atoms. The van der Waals surface area contributed by atoms with Crippen molar-refractivity contribution < 1.29 is 0 Å². The van der Waals surface area contributed by atoms with Crippen LogP contribution in [0.25, 0.3) is 0 Å². The monoisotopic (exact) mass is 225 g/mol. The molecular weight excluding hydrogens is 206 g/mol. The zero-order valence-electron chi connectivity index (χ0n) is 9.28. The second-order valence-corrected chi connectivity index (χ2v) is 4.99. The van der Waals surface area contributed by atoms with Gasteiger partial charge in [-0.05, 0) is 25.9 Å². The molecule has 1 aliphatic rings. The van der Waals surface area contributed by atoms with Crippen molar-refractivity contribution in [2.75, 3.05) is 19.6 Å². The minimum Gasteiger partial charge on any atom is -0.310 e. The summed E-state index contributed by atoms with van der Waals surface area (Å²) in [6.07, 6.45) is 4.66. The fraction of sp³-hybridized carbons (Fsp3) is 0.727. The van der Waals surface area contributed by atoms with Gasteiger partial charge in [0.1, 0.15) is 0 Å². The Bertz CT molecular complexity index is 273. The first kappa shape index (κ1) is 11.0. The third kappa shape index (κ3) is 3.00. The SMILES string of the molecule is CCN1CCC[C@@H]1CNCc1cncs1. The first-order chi connectivity index (χ1) is 7.40. The van der Waals surface area contributed by atoms with Gasteiger partial charge < -0.3 is 5.32 Å². The van der Waals surface area contributed by atoms with Gasteiger partial charge in [-0.3, -0.25) is 9.88 Å². The highest BCUT2D eigenvalue weighted by atomic mass is 32.1. The minimum atomic E-state index is 0.753. The summed E-state index contributed by atoms with van der Waals surface area (Å²) in [5, 5.41) is 3.52. The Labute approximate surface area is 95.5 Å². The zero-order valence-corrected chi connectivity index (χ0v) is 10.1. The first-order valence-electron chi connectivity index (χ1n) is 5.72. The van der Waals surface area contributed by atoms with Crippen molar-refractivity contribution in [3.8, 4) is 0 Å². The summed E-state index contributed by atoms with van der Waals surface area (Å²) in [7, 11) is 0. The van der Waals surface area contributed by atoms with Crippen molar-refractivity contribution in [3.05, 3.63) is 16.6 Å². The number of aromatic nitrogens is 1. The van der Waals surface area contributed by atoms with E-state index in [2.05, 4.69) is 22.1 Å². The van der Waals surface area contributed by atoms with E-state index in [0.29, 0.717) is 0 Å². The zero-order chi connectivity index (χ0) is 10.5. The van der Waals surface area contributed by atoms with Gasteiger partial charge in [-0.1, -0.05) is 6.92 Å². The predicted octanol–water partition coefficient (Wildman–Crippen LogP) is 1.72. The van der Waals surface area contributed by atoms with Crippen LogP contribution in [0.1, 0.15) is 24.6 Å². The molecule has 1 saturated heterocycles. The lowest BCUT2D eigenvalue weighted by molar-refractivity contribution is 0.260. The van der Waals surface area contributed by atoms with E-state index in [4.69, 9.17) is 0 Å². The van der Waals surface area contributed by atoms with Gasteiger partial charge >= 0.3 is 0 Å². The van der Waals surface area contributed by atoms with Crippen LogP contribution < -0.4 is 5.32 Å². The number of hydrogen-bond acceptors (Lipinski definition) is 4. The molecule has 1 atom stereocenters. The quantitative estimate of drug-likeness (QED) is 0.827. The van der Waals surface area contributed by atoms with E-state index in [1.165, 1.54) is 30.8 Å². The van der Waals surface area contributed by atoms with Gasteiger partial charge in [0, 0.05) is 30.2 Å². The number of rotatable bonds is 5. The summed E-state index contributed by atoms with van der Waals surface area (Å²) in [5.41, 5.74) is 1.89. The molecule has 3 nitrogen and oxygen atoms in total. The summed E-state index contributed by atoms with van der Waals surface area (Å²) < 4.78 is 0. The molecule has 1 fully saturated rings. The van der Waals surface area contributed by atoms with E-state index in [1.807, 2.05) is 11.7 Å². The molecule has 2 rings (SSSR count). The van der Waals surface area contributed by atoms with E-state index in [-0.39, 0.29) is 0 Å². The van der Waals surface area contributed by atoms with E-state index < -0.39 is 0 Å². The van der Waals surface area contributed by atoms with Crippen molar-refractivity contribution in [3.63, 3.8) is 0 Å². The number of likely N-dealkylation sites (N-methyl/N-ethyl adjacent to an activating group) is 1. The second kappa shape index (κ2) is 5.58. The van der Waals surface area contributed by atoms with E-state index >= 15 is 0 Å². The fourth-order valence-corrected chi connectivity index (χ4v) is 2.80. The summed E-state index contributed by atoms with van der Waals surface area (Å²) in [6, 6.07) is 0.753. The van der Waals surface area contributed by atoms with Crippen LogP contribution in [-0.2, 0) is 6.54 Å². The highest BCUT2D eigenvalue weighted by Crippen LogP contribution is 2.15. The highest BCUT2D eigenvalue weighted by Gasteiger charge is 2.21. The van der Waals surface area contributed by atoms with Gasteiger partial charge in [0.05, 0.1) is 5.51 Å². The highest BCUT2D eigenvalue weighted by molar-refractivity contribution is 7.09. The van der Waals surface area contributed by atoms with Crippen LogP contribution in [0.5, 0.6) is 0 Å². The molecule has 15 heavy (non-hydrogen) atoms. The van der Waals surface area contributed by atoms with Crippen LogP contribution in [0, 0.1) is 0 Å². The molecule has 1 aromatic heterocycles. The van der Waals surface area contributed by atoms with Crippen LogP contribution in [0.4, 0.5) is 0 Å². The van der Waals surface area contributed by atoms with E-state index in [1.54, 1.807) is 11.3 Å². The van der Waals surface area contributed by atoms with Gasteiger partial charge in [0.2, 0.25) is 0 Å². The number of nitrogens with zero attached hydrogens (tertiary/aromatic N) is 2. The third-order valence-electron chi connectivity index (χ3n) is 3.07. The minimum absolute atomic E-state index is 0.753. The lowest BCUT2D eigenvalue weighted by atomic mass is 10.2. The first-order valence-corrected chi connectivity index (χ1v) is 6.60. The number of thiazole rings is 1. The molecule has 0 aliphatic carbocycles.